The summed E-state index contributed by atoms with van der Waals surface area (Å²) in [6.45, 7) is 1.23. The summed E-state index contributed by atoms with van der Waals surface area (Å²) >= 11 is 0. The molecular formula is C30H31F3N6O5. The molecule has 0 unspecified atom stereocenters. The number of nitrogens with zero attached hydrogens (tertiary/aromatic N) is 4. The van der Waals surface area contributed by atoms with Gasteiger partial charge in [-0.25, -0.2) is 4.98 Å². The lowest BCUT2D eigenvalue weighted by Crippen LogP contribution is -2.59. The van der Waals surface area contributed by atoms with Crippen molar-refractivity contribution in [2.24, 2.45) is 5.92 Å². The molecule has 2 aliphatic heterocycles. The number of ether oxygens (including phenoxy) is 1. The lowest BCUT2D eigenvalue weighted by Gasteiger charge is -2.36. The Kier molecular flexibility index (Phi) is 8.24. The number of fused-ring (bicyclic) bond motifs is 1. The molecule has 3 aliphatic rings. The van der Waals surface area contributed by atoms with Crippen molar-refractivity contribution >= 4 is 29.4 Å². The first-order valence-corrected chi connectivity index (χ1v) is 14.2. The monoisotopic (exact) mass is 612 g/mol. The second kappa shape index (κ2) is 11.8. The van der Waals surface area contributed by atoms with Gasteiger partial charge in [0.15, 0.2) is 11.6 Å². The molecule has 5 rings (SSSR count). The summed E-state index contributed by atoms with van der Waals surface area (Å²) in [6.07, 6.45) is -2.12. The molecule has 1 aromatic heterocycles. The van der Waals surface area contributed by atoms with E-state index in [1.165, 1.54) is 25.1 Å². The Hall–Kier alpha value is -4.67. The number of hydrogen-bond acceptors (Lipinski definition) is 7. The highest BCUT2D eigenvalue weighted by atomic mass is 19.4. The van der Waals surface area contributed by atoms with Crippen LogP contribution in [-0.4, -0.2) is 81.9 Å². The molecule has 1 spiro atoms. The molecule has 5 atom stereocenters. The third kappa shape index (κ3) is 6.04. The number of aromatic nitrogens is 1. The number of likely N-dealkylation sites (N-methyl/N-ethyl adjacent to an activating group) is 1. The lowest BCUT2D eigenvalue weighted by molar-refractivity contribution is -0.175. The molecule has 2 N–H and O–H groups in total. The number of pyridine rings is 1. The van der Waals surface area contributed by atoms with Crippen LogP contribution in [0.15, 0.2) is 48.7 Å². The fourth-order valence-corrected chi connectivity index (χ4v) is 5.73. The van der Waals surface area contributed by atoms with Gasteiger partial charge in [0.2, 0.25) is 17.4 Å². The number of alkyl halides is 3. The average Bonchev–Trinajstić information content (AvgIpc) is 3.76. The van der Waals surface area contributed by atoms with Gasteiger partial charge in [-0.3, -0.25) is 19.2 Å². The van der Waals surface area contributed by atoms with Gasteiger partial charge in [-0.15, -0.1) is 0 Å². The Morgan fingerprint density at radius 3 is 2.57 bits per heavy atom. The van der Waals surface area contributed by atoms with E-state index in [4.69, 9.17) is 4.74 Å². The van der Waals surface area contributed by atoms with Crippen LogP contribution in [0.25, 0.3) is 0 Å². The molecule has 1 aromatic carbocycles. The zero-order valence-corrected chi connectivity index (χ0v) is 24.0. The van der Waals surface area contributed by atoms with Crippen molar-refractivity contribution in [2.75, 3.05) is 18.9 Å². The quantitative estimate of drug-likeness (QED) is 0.467. The van der Waals surface area contributed by atoms with Gasteiger partial charge < -0.3 is 25.2 Å². The van der Waals surface area contributed by atoms with Crippen LogP contribution >= 0.6 is 0 Å². The molecule has 0 bridgehead atoms. The van der Waals surface area contributed by atoms with Gasteiger partial charge >= 0.3 is 12.1 Å². The van der Waals surface area contributed by atoms with Gasteiger partial charge in [0, 0.05) is 25.6 Å². The normalized spacial score (nSPS) is 23.0. The minimum atomic E-state index is -5.24. The van der Waals surface area contributed by atoms with Crippen LogP contribution in [0.1, 0.15) is 44.1 Å². The molecular weight excluding hydrogens is 581 g/mol. The number of anilines is 1. The summed E-state index contributed by atoms with van der Waals surface area (Å²) in [5, 5.41) is 14.5. The van der Waals surface area contributed by atoms with E-state index in [1.807, 2.05) is 5.32 Å². The number of carbonyl (C=O) groups is 4. The minimum Gasteiger partial charge on any atom is -0.472 e. The molecule has 14 heteroatoms. The summed E-state index contributed by atoms with van der Waals surface area (Å²) in [7, 11) is 1.30. The van der Waals surface area contributed by atoms with E-state index in [0.29, 0.717) is 5.56 Å². The summed E-state index contributed by atoms with van der Waals surface area (Å²) < 4.78 is 46.0. The Morgan fingerprint density at radius 1 is 1.23 bits per heavy atom. The Bertz CT molecular complexity index is 1490. The Labute approximate surface area is 251 Å². The number of nitriles is 1. The van der Waals surface area contributed by atoms with E-state index in [0.717, 1.165) is 17.7 Å². The van der Waals surface area contributed by atoms with Crippen LogP contribution in [0.3, 0.4) is 0 Å². The Balaban J connectivity index is 1.43. The van der Waals surface area contributed by atoms with Gasteiger partial charge in [-0.2, -0.15) is 18.4 Å². The SMILES string of the molecule is C[C@H](c1ccccc1)[C@H](NC(=O)C(F)(F)F)C(=O)N(C)[C@@H](CC1CC1)C(=O)N1C[C@@]2(C[C@H]1C#N)Oc1cccnc1NC2=O. The van der Waals surface area contributed by atoms with Crippen molar-refractivity contribution in [2.45, 2.75) is 68.4 Å². The largest absolute Gasteiger partial charge is 0.472 e. The zero-order chi connectivity index (χ0) is 31.8. The number of benzene rings is 1. The van der Waals surface area contributed by atoms with Crippen molar-refractivity contribution in [1.29, 1.82) is 5.26 Å². The molecule has 1 aliphatic carbocycles. The molecule has 0 radical (unpaired) electrons. The number of rotatable bonds is 8. The number of hydrogen-bond donors (Lipinski definition) is 2. The van der Waals surface area contributed by atoms with Gasteiger partial charge in [0.25, 0.3) is 5.91 Å². The van der Waals surface area contributed by atoms with Crippen LogP contribution < -0.4 is 15.4 Å². The van der Waals surface area contributed by atoms with E-state index >= 15 is 0 Å². The first-order valence-electron chi connectivity index (χ1n) is 14.2. The molecule has 44 heavy (non-hydrogen) atoms. The number of amides is 4. The van der Waals surface area contributed by atoms with Crippen molar-refractivity contribution < 1.29 is 37.1 Å². The van der Waals surface area contributed by atoms with Crippen LogP contribution in [0.2, 0.25) is 0 Å². The number of carbonyl (C=O) groups excluding carboxylic acids is 4. The molecule has 4 amide bonds. The van der Waals surface area contributed by atoms with E-state index in [-0.39, 0.29) is 36.9 Å². The molecule has 1 saturated heterocycles. The minimum absolute atomic E-state index is 0.0817. The first-order chi connectivity index (χ1) is 20.8. The van der Waals surface area contributed by atoms with Gasteiger partial charge in [-0.1, -0.05) is 50.1 Å². The maximum absolute atomic E-state index is 14.2. The van der Waals surface area contributed by atoms with Crippen molar-refractivity contribution in [3.8, 4) is 11.8 Å². The maximum atomic E-state index is 14.2. The average molecular weight is 613 g/mol. The summed E-state index contributed by atoms with van der Waals surface area (Å²) in [4.78, 5) is 59.6. The summed E-state index contributed by atoms with van der Waals surface area (Å²) in [5.74, 6) is -4.71. The predicted octanol–water partition coefficient (Wildman–Crippen LogP) is 2.75. The lowest BCUT2D eigenvalue weighted by atomic mass is 9.91. The predicted molar refractivity (Wildman–Crippen MR) is 149 cm³/mol. The second-order valence-corrected chi connectivity index (χ2v) is 11.5. The molecule has 3 heterocycles. The first kappa shape index (κ1) is 30.8. The highest BCUT2D eigenvalue weighted by Gasteiger charge is 2.57. The van der Waals surface area contributed by atoms with Crippen LogP contribution in [0.4, 0.5) is 19.0 Å². The summed E-state index contributed by atoms with van der Waals surface area (Å²) in [6, 6.07) is 9.63. The molecule has 232 valence electrons. The smallest absolute Gasteiger partial charge is 0.471 e. The standard InChI is InChI=1S/C30H31F3N6O5/c1-17(19-7-4-3-5-8-19)23(36-28(43)30(31,32)33)26(41)38(2)21(13-18-10-11-18)25(40)39-16-29(14-20(39)15-34)27(42)37-24-22(44-29)9-6-12-35-24/h3-9,12,17-18,20-21,23H,10-11,13-14,16H2,1-2H3,(H,36,43)(H,35,37,42)/t17-,20+,21+,23+,29-/m1/s1. The molecule has 11 nitrogen and oxygen atoms in total. The van der Waals surface area contributed by atoms with E-state index in [9.17, 15) is 37.6 Å². The van der Waals surface area contributed by atoms with E-state index < -0.39 is 59.4 Å². The van der Waals surface area contributed by atoms with Gasteiger partial charge in [0.1, 0.15) is 18.1 Å². The zero-order valence-electron chi connectivity index (χ0n) is 24.0. The number of likely N-dealkylation sites (tertiary alicyclic amines) is 1. The number of halogens is 3. The van der Waals surface area contributed by atoms with Crippen molar-refractivity contribution in [3.05, 3.63) is 54.2 Å². The molecule has 2 aromatic rings. The fourth-order valence-electron chi connectivity index (χ4n) is 5.73. The summed E-state index contributed by atoms with van der Waals surface area (Å²) in [5.41, 5.74) is -1.07. The van der Waals surface area contributed by atoms with E-state index in [1.54, 1.807) is 42.5 Å². The van der Waals surface area contributed by atoms with Gasteiger partial charge in [-0.05, 0) is 30.0 Å². The highest BCUT2D eigenvalue weighted by Crippen LogP contribution is 2.41. The van der Waals surface area contributed by atoms with Crippen LogP contribution in [0, 0.1) is 17.2 Å². The third-order valence-electron chi connectivity index (χ3n) is 8.47. The third-order valence-corrected chi connectivity index (χ3v) is 8.47. The molecule has 1 saturated carbocycles. The second-order valence-electron chi connectivity index (χ2n) is 11.5. The van der Waals surface area contributed by atoms with Crippen LogP contribution in [-0.2, 0) is 19.2 Å². The van der Waals surface area contributed by atoms with E-state index in [2.05, 4.69) is 16.4 Å². The number of nitrogens with one attached hydrogen (secondary N) is 2. The fraction of sp³-hybridized carbons (Fsp3) is 0.467. The maximum Gasteiger partial charge on any atom is 0.471 e. The topological polar surface area (TPSA) is 145 Å². The highest BCUT2D eigenvalue weighted by molar-refractivity contribution is 6.01. The van der Waals surface area contributed by atoms with Crippen molar-refractivity contribution in [3.63, 3.8) is 0 Å². The Morgan fingerprint density at radius 2 is 1.93 bits per heavy atom. The van der Waals surface area contributed by atoms with Crippen molar-refractivity contribution in [1.82, 2.24) is 20.1 Å². The van der Waals surface area contributed by atoms with Gasteiger partial charge in [0.05, 0.1) is 12.6 Å². The van der Waals surface area contributed by atoms with Crippen LogP contribution in [0.5, 0.6) is 5.75 Å². The molecule has 2 fully saturated rings.